The van der Waals surface area contributed by atoms with E-state index in [-0.39, 0.29) is 5.28 Å². The third-order valence-corrected chi connectivity index (χ3v) is 5.24. The molecule has 0 aliphatic carbocycles. The lowest BCUT2D eigenvalue weighted by Gasteiger charge is -2.16. The number of fused-ring (bicyclic) bond motifs is 1. The molecular weight excluding hydrogens is 313 g/mol. The number of hydrogen-bond donors (Lipinski definition) is 0. The SMILES string of the molecule is Cc1cc2nc(Cl)nc(Cl)c2n1COCC[Si](C)(C)C. The largest absolute Gasteiger partial charge is 0.361 e. The van der Waals surface area contributed by atoms with Crippen LogP contribution in [0.1, 0.15) is 5.69 Å². The molecule has 7 heteroatoms. The number of nitrogens with zero attached hydrogens (tertiary/aromatic N) is 3. The van der Waals surface area contributed by atoms with Gasteiger partial charge in [0.25, 0.3) is 0 Å². The van der Waals surface area contributed by atoms with E-state index < -0.39 is 8.07 Å². The molecule has 20 heavy (non-hydrogen) atoms. The Bertz CT molecular complexity index is 622. The summed E-state index contributed by atoms with van der Waals surface area (Å²) in [6, 6.07) is 3.08. The van der Waals surface area contributed by atoms with Crippen LogP contribution in [-0.4, -0.2) is 29.2 Å². The monoisotopic (exact) mass is 331 g/mol. The van der Waals surface area contributed by atoms with E-state index in [1.807, 2.05) is 17.6 Å². The van der Waals surface area contributed by atoms with Gasteiger partial charge in [-0.15, -0.1) is 0 Å². The molecule has 0 fully saturated rings. The van der Waals surface area contributed by atoms with Crippen molar-refractivity contribution in [2.24, 2.45) is 0 Å². The van der Waals surface area contributed by atoms with Crippen LogP contribution >= 0.6 is 23.2 Å². The van der Waals surface area contributed by atoms with E-state index in [1.54, 1.807) is 0 Å². The first-order chi connectivity index (χ1) is 9.28. The van der Waals surface area contributed by atoms with Crippen LogP contribution in [0, 0.1) is 6.92 Å². The van der Waals surface area contributed by atoms with Gasteiger partial charge in [-0.2, -0.15) is 0 Å². The summed E-state index contributed by atoms with van der Waals surface area (Å²) in [5.41, 5.74) is 2.56. The van der Waals surface area contributed by atoms with Crippen LogP contribution in [0.25, 0.3) is 11.0 Å². The lowest BCUT2D eigenvalue weighted by molar-refractivity contribution is 0.0890. The predicted octanol–water partition coefficient (Wildman–Crippen LogP) is 4.36. The fourth-order valence-corrected chi connectivity index (χ4v) is 3.17. The summed E-state index contributed by atoms with van der Waals surface area (Å²) in [5.74, 6) is 0. The van der Waals surface area contributed by atoms with Gasteiger partial charge in [0, 0.05) is 20.4 Å². The molecule has 0 aliphatic heterocycles. The van der Waals surface area contributed by atoms with Crippen molar-refractivity contribution in [3.05, 3.63) is 22.2 Å². The molecule has 0 spiro atoms. The van der Waals surface area contributed by atoms with Crippen LogP contribution in [0.4, 0.5) is 0 Å². The average Bonchev–Trinajstić information content (AvgIpc) is 2.59. The molecule has 0 saturated carbocycles. The van der Waals surface area contributed by atoms with E-state index in [4.69, 9.17) is 27.9 Å². The first kappa shape index (κ1) is 15.8. The zero-order valence-electron chi connectivity index (χ0n) is 12.2. The van der Waals surface area contributed by atoms with Gasteiger partial charge in [0.15, 0.2) is 5.15 Å². The van der Waals surface area contributed by atoms with Crippen LogP contribution in [0.5, 0.6) is 0 Å². The Hall–Kier alpha value is -0.623. The van der Waals surface area contributed by atoms with Gasteiger partial charge in [-0.3, -0.25) is 0 Å². The summed E-state index contributed by atoms with van der Waals surface area (Å²) in [5, 5.41) is 0.529. The molecule has 0 amide bonds. The molecule has 2 rings (SSSR count). The third kappa shape index (κ3) is 3.72. The Morgan fingerprint density at radius 2 is 1.95 bits per heavy atom. The minimum Gasteiger partial charge on any atom is -0.361 e. The van der Waals surface area contributed by atoms with Crippen molar-refractivity contribution in [1.29, 1.82) is 0 Å². The normalized spacial score (nSPS) is 12.3. The average molecular weight is 332 g/mol. The van der Waals surface area contributed by atoms with E-state index in [2.05, 4.69) is 29.6 Å². The van der Waals surface area contributed by atoms with Gasteiger partial charge >= 0.3 is 0 Å². The number of hydrogen-bond acceptors (Lipinski definition) is 3. The molecule has 0 atom stereocenters. The fourth-order valence-electron chi connectivity index (χ4n) is 1.92. The zero-order valence-corrected chi connectivity index (χ0v) is 14.7. The van der Waals surface area contributed by atoms with Crippen molar-refractivity contribution in [3.8, 4) is 0 Å². The van der Waals surface area contributed by atoms with Crippen molar-refractivity contribution >= 4 is 42.3 Å². The Morgan fingerprint density at radius 1 is 1.25 bits per heavy atom. The molecule has 2 aromatic rings. The highest BCUT2D eigenvalue weighted by molar-refractivity contribution is 6.76. The molecule has 0 aromatic carbocycles. The van der Waals surface area contributed by atoms with Gasteiger partial charge in [-0.05, 0) is 30.6 Å². The van der Waals surface area contributed by atoms with Gasteiger partial charge < -0.3 is 9.30 Å². The Kier molecular flexibility index (Phi) is 4.74. The summed E-state index contributed by atoms with van der Waals surface area (Å²) in [6.45, 7) is 10.2. The van der Waals surface area contributed by atoms with Crippen LogP contribution < -0.4 is 0 Å². The highest BCUT2D eigenvalue weighted by Crippen LogP contribution is 2.25. The van der Waals surface area contributed by atoms with Gasteiger partial charge in [0.1, 0.15) is 12.2 Å². The van der Waals surface area contributed by atoms with Crippen LogP contribution in [0.3, 0.4) is 0 Å². The lowest BCUT2D eigenvalue weighted by Crippen LogP contribution is -2.22. The molecule has 110 valence electrons. The number of rotatable bonds is 5. The van der Waals surface area contributed by atoms with E-state index in [0.717, 1.165) is 29.4 Å². The number of ether oxygens (including phenoxy) is 1. The summed E-state index contributed by atoms with van der Waals surface area (Å²) in [6.07, 6.45) is 0. The van der Waals surface area contributed by atoms with Gasteiger partial charge in [-0.1, -0.05) is 31.2 Å². The topological polar surface area (TPSA) is 39.9 Å². The molecule has 0 saturated heterocycles. The number of halogens is 2. The number of aryl methyl sites for hydroxylation is 1. The van der Waals surface area contributed by atoms with E-state index in [0.29, 0.717) is 11.9 Å². The third-order valence-electron chi connectivity index (χ3n) is 3.10. The maximum absolute atomic E-state index is 6.16. The predicted molar refractivity (Wildman–Crippen MR) is 86.4 cm³/mol. The molecule has 4 nitrogen and oxygen atoms in total. The maximum atomic E-state index is 6.16. The molecule has 0 bridgehead atoms. The number of aromatic nitrogens is 3. The van der Waals surface area contributed by atoms with Crippen LogP contribution in [0.15, 0.2) is 6.07 Å². The van der Waals surface area contributed by atoms with Crippen molar-refractivity contribution in [2.45, 2.75) is 39.3 Å². The smallest absolute Gasteiger partial charge is 0.224 e. The molecule has 0 aliphatic rings. The first-order valence-corrected chi connectivity index (χ1v) is 11.0. The Labute approximate surface area is 130 Å². The molecule has 0 N–H and O–H groups in total. The van der Waals surface area contributed by atoms with E-state index in [1.165, 1.54) is 0 Å². The highest BCUT2D eigenvalue weighted by Gasteiger charge is 2.15. The van der Waals surface area contributed by atoms with E-state index >= 15 is 0 Å². The first-order valence-electron chi connectivity index (χ1n) is 6.54. The second-order valence-electron chi connectivity index (χ2n) is 6.08. The summed E-state index contributed by atoms with van der Waals surface area (Å²) < 4.78 is 7.76. The minimum atomic E-state index is -1.07. The van der Waals surface area contributed by atoms with Gasteiger partial charge in [-0.25, -0.2) is 9.97 Å². The standard InChI is InChI=1S/C13H19Cl2N3OSi/c1-9-7-10-11(12(14)17-13(15)16-10)18(9)8-19-5-6-20(2,3)4/h7H,5-6,8H2,1-4H3. The molecular formula is C13H19Cl2N3OSi. The lowest BCUT2D eigenvalue weighted by atomic mass is 10.4. The Morgan fingerprint density at radius 3 is 2.60 bits per heavy atom. The summed E-state index contributed by atoms with van der Waals surface area (Å²) >= 11 is 12.0. The quantitative estimate of drug-likeness (QED) is 0.353. The van der Waals surface area contributed by atoms with Crippen LogP contribution in [0.2, 0.25) is 36.1 Å². The van der Waals surface area contributed by atoms with Gasteiger partial charge in [0.2, 0.25) is 5.28 Å². The van der Waals surface area contributed by atoms with Gasteiger partial charge in [0.05, 0.1) is 5.52 Å². The fraction of sp³-hybridized carbons (Fsp3) is 0.538. The molecule has 2 heterocycles. The zero-order chi connectivity index (χ0) is 14.9. The maximum Gasteiger partial charge on any atom is 0.224 e. The Balaban J connectivity index is 2.16. The van der Waals surface area contributed by atoms with E-state index in [9.17, 15) is 0 Å². The molecule has 0 unspecified atom stereocenters. The molecule has 2 aromatic heterocycles. The minimum absolute atomic E-state index is 0.166. The van der Waals surface area contributed by atoms with Crippen molar-refractivity contribution < 1.29 is 4.74 Å². The van der Waals surface area contributed by atoms with Crippen molar-refractivity contribution in [1.82, 2.24) is 14.5 Å². The second kappa shape index (κ2) is 6.01. The second-order valence-corrected chi connectivity index (χ2v) is 12.4. The van der Waals surface area contributed by atoms with Crippen LogP contribution in [-0.2, 0) is 11.5 Å². The molecule has 0 radical (unpaired) electrons. The van der Waals surface area contributed by atoms with Crippen molar-refractivity contribution in [3.63, 3.8) is 0 Å². The summed E-state index contributed by atoms with van der Waals surface area (Å²) in [4.78, 5) is 8.18. The van der Waals surface area contributed by atoms with Crippen molar-refractivity contribution in [2.75, 3.05) is 6.61 Å². The highest BCUT2D eigenvalue weighted by atomic mass is 35.5. The summed E-state index contributed by atoms with van der Waals surface area (Å²) in [7, 11) is -1.07.